The van der Waals surface area contributed by atoms with E-state index in [2.05, 4.69) is 5.32 Å². The molecule has 0 bridgehead atoms. The van der Waals surface area contributed by atoms with Crippen LogP contribution in [0.15, 0.2) is 48.5 Å². The topological polar surface area (TPSA) is 47.6 Å². The van der Waals surface area contributed by atoms with Crippen molar-refractivity contribution in [1.29, 1.82) is 0 Å². The van der Waals surface area contributed by atoms with E-state index < -0.39 is 0 Å². The second-order valence-electron chi connectivity index (χ2n) is 5.02. The van der Waals surface area contributed by atoms with Gasteiger partial charge in [0.15, 0.2) is 11.5 Å². The molecule has 0 heterocycles. The molecule has 2 rings (SSSR count). The molecule has 0 atom stereocenters. The molecule has 0 saturated heterocycles. The number of hydrogen-bond acceptors (Lipinski definition) is 3. The fourth-order valence-electron chi connectivity index (χ4n) is 2.09. The van der Waals surface area contributed by atoms with Crippen LogP contribution in [-0.2, 0) is 11.3 Å². The molecule has 24 heavy (non-hydrogen) atoms. The van der Waals surface area contributed by atoms with Gasteiger partial charge in [-0.15, -0.1) is 0 Å². The third-order valence-electron chi connectivity index (χ3n) is 3.29. The Bertz CT molecular complexity index is 711. The van der Waals surface area contributed by atoms with E-state index in [1.54, 1.807) is 31.4 Å². The Labute approximate surface area is 140 Å². The summed E-state index contributed by atoms with van der Waals surface area (Å²) in [5.41, 5.74) is 1.66. The number of hydrogen-bond donors (Lipinski definition) is 1. The van der Waals surface area contributed by atoms with Crippen molar-refractivity contribution in [3.8, 4) is 11.5 Å². The molecular formula is C19H20FNO3. The van der Waals surface area contributed by atoms with Crippen molar-refractivity contribution in [2.24, 2.45) is 0 Å². The predicted octanol–water partition coefficient (Wildman–Crippen LogP) is 3.56. The molecule has 0 aliphatic rings. The summed E-state index contributed by atoms with van der Waals surface area (Å²) < 4.78 is 23.5. The maximum absolute atomic E-state index is 12.8. The zero-order chi connectivity index (χ0) is 17.4. The lowest BCUT2D eigenvalue weighted by Gasteiger charge is -2.09. The summed E-state index contributed by atoms with van der Waals surface area (Å²) in [6, 6.07) is 11.4. The van der Waals surface area contributed by atoms with E-state index >= 15 is 0 Å². The summed E-state index contributed by atoms with van der Waals surface area (Å²) >= 11 is 0. The van der Waals surface area contributed by atoms with Crippen LogP contribution < -0.4 is 14.8 Å². The van der Waals surface area contributed by atoms with Crippen LogP contribution in [0.1, 0.15) is 18.1 Å². The highest BCUT2D eigenvalue weighted by Gasteiger charge is 2.04. The van der Waals surface area contributed by atoms with Crippen LogP contribution in [0.5, 0.6) is 11.5 Å². The van der Waals surface area contributed by atoms with Crippen LogP contribution in [-0.4, -0.2) is 19.6 Å². The number of benzene rings is 2. The Morgan fingerprint density at radius 3 is 2.58 bits per heavy atom. The minimum absolute atomic E-state index is 0.229. The molecule has 0 fully saturated rings. The van der Waals surface area contributed by atoms with Gasteiger partial charge in [0, 0.05) is 12.6 Å². The van der Waals surface area contributed by atoms with Crippen molar-refractivity contribution >= 4 is 12.0 Å². The fraction of sp³-hybridized carbons (Fsp3) is 0.211. The maximum atomic E-state index is 12.8. The minimum Gasteiger partial charge on any atom is -0.493 e. The number of rotatable bonds is 7. The van der Waals surface area contributed by atoms with Gasteiger partial charge in [-0.25, -0.2) is 4.39 Å². The SMILES string of the molecule is CCOc1cc(/C=C/C(=O)NCc2ccc(F)cc2)ccc1OC. The summed E-state index contributed by atoms with van der Waals surface area (Å²) in [7, 11) is 1.58. The highest BCUT2D eigenvalue weighted by atomic mass is 19.1. The van der Waals surface area contributed by atoms with Crippen LogP contribution >= 0.6 is 0 Å². The molecule has 0 aliphatic carbocycles. The summed E-state index contributed by atoms with van der Waals surface area (Å²) in [4.78, 5) is 11.9. The van der Waals surface area contributed by atoms with Gasteiger partial charge in [0.1, 0.15) is 5.82 Å². The normalized spacial score (nSPS) is 10.6. The third-order valence-corrected chi connectivity index (χ3v) is 3.29. The van der Waals surface area contributed by atoms with Gasteiger partial charge in [-0.2, -0.15) is 0 Å². The monoisotopic (exact) mass is 329 g/mol. The second-order valence-corrected chi connectivity index (χ2v) is 5.02. The quantitative estimate of drug-likeness (QED) is 0.790. The molecule has 0 radical (unpaired) electrons. The number of methoxy groups -OCH3 is 1. The molecule has 0 aromatic heterocycles. The highest BCUT2D eigenvalue weighted by Crippen LogP contribution is 2.28. The Morgan fingerprint density at radius 2 is 1.92 bits per heavy atom. The number of carbonyl (C=O) groups is 1. The number of carbonyl (C=O) groups excluding carboxylic acids is 1. The van der Waals surface area contributed by atoms with Gasteiger partial charge in [-0.05, 0) is 48.4 Å². The van der Waals surface area contributed by atoms with Crippen molar-refractivity contribution in [1.82, 2.24) is 5.32 Å². The van der Waals surface area contributed by atoms with Crippen molar-refractivity contribution in [3.63, 3.8) is 0 Å². The lowest BCUT2D eigenvalue weighted by molar-refractivity contribution is -0.116. The van der Waals surface area contributed by atoms with Gasteiger partial charge in [-0.1, -0.05) is 18.2 Å². The number of ether oxygens (including phenoxy) is 2. The molecule has 5 heteroatoms. The predicted molar refractivity (Wildman–Crippen MR) is 91.4 cm³/mol. The van der Waals surface area contributed by atoms with Crippen LogP contribution in [0.25, 0.3) is 6.08 Å². The summed E-state index contributed by atoms with van der Waals surface area (Å²) in [6.07, 6.45) is 3.14. The van der Waals surface area contributed by atoms with Crippen LogP contribution in [0.2, 0.25) is 0 Å². The summed E-state index contributed by atoms with van der Waals surface area (Å²) in [6.45, 7) is 2.77. The molecule has 4 nitrogen and oxygen atoms in total. The van der Waals surface area contributed by atoms with Crippen LogP contribution in [0.3, 0.4) is 0 Å². The van der Waals surface area contributed by atoms with Gasteiger partial charge in [0.25, 0.3) is 0 Å². The molecule has 1 amide bonds. The first-order valence-corrected chi connectivity index (χ1v) is 7.63. The third kappa shape index (κ3) is 5.12. The standard InChI is InChI=1S/C19H20FNO3/c1-3-24-18-12-14(6-10-17(18)23-2)7-11-19(22)21-13-15-4-8-16(20)9-5-15/h4-12H,3,13H2,1-2H3,(H,21,22)/b11-7+. The van der Waals surface area contributed by atoms with Crippen molar-refractivity contribution in [3.05, 3.63) is 65.5 Å². The van der Waals surface area contributed by atoms with Crippen molar-refractivity contribution < 1.29 is 18.7 Å². The first-order chi connectivity index (χ1) is 11.6. The Balaban J connectivity index is 1.95. The zero-order valence-corrected chi connectivity index (χ0v) is 13.7. The van der Waals surface area contributed by atoms with Gasteiger partial charge in [0.05, 0.1) is 13.7 Å². The van der Waals surface area contributed by atoms with Crippen molar-refractivity contribution in [2.45, 2.75) is 13.5 Å². The average molecular weight is 329 g/mol. The zero-order valence-electron chi connectivity index (χ0n) is 13.7. The van der Waals surface area contributed by atoms with Gasteiger partial charge < -0.3 is 14.8 Å². The lowest BCUT2D eigenvalue weighted by atomic mass is 10.2. The van der Waals surface area contributed by atoms with Gasteiger partial charge in [0.2, 0.25) is 5.91 Å². The first-order valence-electron chi connectivity index (χ1n) is 7.63. The molecule has 126 valence electrons. The first kappa shape index (κ1) is 17.5. The second kappa shape index (κ2) is 8.72. The number of amides is 1. The summed E-state index contributed by atoms with van der Waals surface area (Å²) in [5, 5.41) is 2.75. The number of halogens is 1. The average Bonchev–Trinajstić information content (AvgIpc) is 2.60. The minimum atomic E-state index is -0.297. The van der Waals surface area contributed by atoms with E-state index in [0.717, 1.165) is 11.1 Å². The smallest absolute Gasteiger partial charge is 0.244 e. The number of nitrogens with one attached hydrogen (secondary N) is 1. The van der Waals surface area contributed by atoms with Crippen LogP contribution in [0, 0.1) is 5.82 Å². The highest BCUT2D eigenvalue weighted by molar-refractivity contribution is 5.91. The van der Waals surface area contributed by atoms with Gasteiger partial charge in [-0.3, -0.25) is 4.79 Å². The van der Waals surface area contributed by atoms with Crippen LogP contribution in [0.4, 0.5) is 4.39 Å². The molecule has 0 aliphatic heterocycles. The molecule has 0 unspecified atom stereocenters. The molecule has 0 saturated carbocycles. The molecule has 2 aromatic rings. The van der Waals surface area contributed by atoms with E-state index in [1.165, 1.54) is 18.2 Å². The Kier molecular flexibility index (Phi) is 6.37. The van der Waals surface area contributed by atoms with E-state index in [1.807, 2.05) is 19.1 Å². The molecular weight excluding hydrogens is 309 g/mol. The molecule has 0 spiro atoms. The largest absolute Gasteiger partial charge is 0.493 e. The van der Waals surface area contributed by atoms with Gasteiger partial charge >= 0.3 is 0 Å². The fourth-order valence-corrected chi connectivity index (χ4v) is 2.09. The van der Waals surface area contributed by atoms with E-state index in [-0.39, 0.29) is 11.7 Å². The Hall–Kier alpha value is -2.82. The van der Waals surface area contributed by atoms with E-state index in [9.17, 15) is 9.18 Å². The van der Waals surface area contributed by atoms with E-state index in [0.29, 0.717) is 24.7 Å². The molecule has 1 N–H and O–H groups in total. The summed E-state index contributed by atoms with van der Waals surface area (Å²) in [5.74, 6) is 0.756. The maximum Gasteiger partial charge on any atom is 0.244 e. The van der Waals surface area contributed by atoms with E-state index in [4.69, 9.17) is 9.47 Å². The Morgan fingerprint density at radius 1 is 1.17 bits per heavy atom. The lowest BCUT2D eigenvalue weighted by Crippen LogP contribution is -2.20. The molecule has 2 aromatic carbocycles. The van der Waals surface area contributed by atoms with Crippen molar-refractivity contribution in [2.75, 3.05) is 13.7 Å².